The predicted molar refractivity (Wildman–Crippen MR) is 73.1 cm³/mol. The maximum absolute atomic E-state index is 11.1. The number of nitrogens with zero attached hydrogens (tertiary/aromatic N) is 2. The molecule has 0 saturated heterocycles. The zero-order chi connectivity index (χ0) is 13.9. The minimum Gasteiger partial charge on any atom is -0.480 e. The topological polar surface area (TPSA) is 75.1 Å². The van der Waals surface area contributed by atoms with Crippen LogP contribution in [0.15, 0.2) is 0 Å². The summed E-state index contributed by atoms with van der Waals surface area (Å²) in [4.78, 5) is 15.5. The maximum atomic E-state index is 11.1. The largest absolute Gasteiger partial charge is 0.480 e. The third-order valence-corrected chi connectivity index (χ3v) is 3.05. The summed E-state index contributed by atoms with van der Waals surface area (Å²) in [7, 11) is 0. The van der Waals surface area contributed by atoms with Gasteiger partial charge in [-0.05, 0) is 12.3 Å². The van der Waals surface area contributed by atoms with E-state index in [1.165, 1.54) is 11.5 Å². The molecule has 1 aromatic heterocycles. The van der Waals surface area contributed by atoms with E-state index in [2.05, 4.69) is 14.7 Å². The first-order valence-electron chi connectivity index (χ1n) is 6.03. The van der Waals surface area contributed by atoms with Crippen molar-refractivity contribution in [3.05, 3.63) is 5.82 Å². The van der Waals surface area contributed by atoms with Gasteiger partial charge in [-0.15, -0.1) is 0 Å². The number of carbonyl (C=O) groups is 1. The Morgan fingerprint density at radius 3 is 2.44 bits per heavy atom. The Kier molecular flexibility index (Phi) is 4.67. The van der Waals surface area contributed by atoms with Gasteiger partial charge in [0, 0.05) is 16.9 Å². The van der Waals surface area contributed by atoms with Crippen molar-refractivity contribution in [3.63, 3.8) is 0 Å². The molecule has 0 aliphatic rings. The fraction of sp³-hybridized carbons (Fsp3) is 0.750. The summed E-state index contributed by atoms with van der Waals surface area (Å²) in [5, 5.41) is 12.7. The van der Waals surface area contributed by atoms with Gasteiger partial charge in [-0.1, -0.05) is 34.6 Å². The SMILES string of the molecule is CC(C)CC(Nc1nc(C(C)(C)C)ns1)C(=O)O. The Morgan fingerprint density at radius 2 is 2.06 bits per heavy atom. The van der Waals surface area contributed by atoms with E-state index >= 15 is 0 Å². The standard InChI is InChI=1S/C12H21N3O2S/c1-7(2)6-8(9(16)17)13-11-14-10(15-18-11)12(3,4)5/h7-8H,6H2,1-5H3,(H,16,17)(H,13,14,15). The lowest BCUT2D eigenvalue weighted by Gasteiger charge is -2.15. The second-order valence-corrected chi connectivity index (χ2v) is 6.59. The van der Waals surface area contributed by atoms with Crippen LogP contribution in [0.25, 0.3) is 0 Å². The van der Waals surface area contributed by atoms with Gasteiger partial charge in [-0.25, -0.2) is 9.78 Å². The van der Waals surface area contributed by atoms with Crippen LogP contribution in [0.4, 0.5) is 5.13 Å². The molecular formula is C12H21N3O2S. The smallest absolute Gasteiger partial charge is 0.326 e. The van der Waals surface area contributed by atoms with Crippen LogP contribution in [0.1, 0.15) is 46.9 Å². The molecule has 0 radical (unpaired) electrons. The van der Waals surface area contributed by atoms with E-state index in [1.54, 1.807) is 0 Å². The normalized spacial score (nSPS) is 13.7. The molecule has 0 aromatic carbocycles. The lowest BCUT2D eigenvalue weighted by molar-refractivity contribution is -0.138. The highest BCUT2D eigenvalue weighted by molar-refractivity contribution is 7.09. The predicted octanol–water partition coefficient (Wildman–Crippen LogP) is 2.75. The zero-order valence-corrected chi connectivity index (χ0v) is 12.3. The molecule has 0 amide bonds. The second kappa shape index (κ2) is 5.65. The van der Waals surface area contributed by atoms with E-state index in [-0.39, 0.29) is 5.41 Å². The number of nitrogens with one attached hydrogen (secondary N) is 1. The van der Waals surface area contributed by atoms with Crippen LogP contribution in [0, 0.1) is 5.92 Å². The monoisotopic (exact) mass is 271 g/mol. The Balaban J connectivity index is 2.76. The van der Waals surface area contributed by atoms with Gasteiger partial charge in [0.15, 0.2) is 0 Å². The number of aliphatic carboxylic acids is 1. The molecule has 1 atom stereocenters. The molecule has 6 heteroatoms. The van der Waals surface area contributed by atoms with Crippen molar-refractivity contribution in [1.82, 2.24) is 9.36 Å². The molecule has 0 fully saturated rings. The van der Waals surface area contributed by atoms with Gasteiger partial charge in [0.05, 0.1) is 0 Å². The Hall–Kier alpha value is -1.17. The first-order chi connectivity index (χ1) is 8.20. The average Bonchev–Trinajstić information content (AvgIpc) is 2.63. The highest BCUT2D eigenvalue weighted by atomic mass is 32.1. The molecule has 1 unspecified atom stereocenters. The van der Waals surface area contributed by atoms with Crippen molar-refractivity contribution in [2.75, 3.05) is 5.32 Å². The molecular weight excluding hydrogens is 250 g/mol. The van der Waals surface area contributed by atoms with Crippen LogP contribution in [0.2, 0.25) is 0 Å². The Bertz CT molecular complexity index is 410. The number of anilines is 1. The van der Waals surface area contributed by atoms with Crippen LogP contribution >= 0.6 is 11.5 Å². The lowest BCUT2D eigenvalue weighted by Crippen LogP contribution is -2.30. The first kappa shape index (κ1) is 14.9. The summed E-state index contributed by atoms with van der Waals surface area (Å²) >= 11 is 1.21. The highest BCUT2D eigenvalue weighted by Crippen LogP contribution is 2.24. The molecule has 1 aromatic rings. The van der Waals surface area contributed by atoms with Crippen molar-refractivity contribution >= 4 is 22.6 Å². The van der Waals surface area contributed by atoms with Crippen LogP contribution in [0.3, 0.4) is 0 Å². The summed E-state index contributed by atoms with van der Waals surface area (Å²) in [6.07, 6.45) is 0.569. The van der Waals surface area contributed by atoms with Crippen LogP contribution in [-0.2, 0) is 10.2 Å². The fourth-order valence-electron chi connectivity index (χ4n) is 1.43. The second-order valence-electron chi connectivity index (χ2n) is 5.84. The molecule has 1 rings (SSSR count). The van der Waals surface area contributed by atoms with E-state index in [0.717, 1.165) is 5.82 Å². The Morgan fingerprint density at radius 1 is 1.44 bits per heavy atom. The van der Waals surface area contributed by atoms with Crippen LogP contribution < -0.4 is 5.32 Å². The molecule has 1 heterocycles. The van der Waals surface area contributed by atoms with Gasteiger partial charge < -0.3 is 10.4 Å². The van der Waals surface area contributed by atoms with Crippen molar-refractivity contribution in [3.8, 4) is 0 Å². The fourth-order valence-corrected chi connectivity index (χ4v) is 2.24. The molecule has 0 saturated carbocycles. The van der Waals surface area contributed by atoms with E-state index < -0.39 is 12.0 Å². The quantitative estimate of drug-likeness (QED) is 0.861. The van der Waals surface area contributed by atoms with Gasteiger partial charge in [-0.2, -0.15) is 4.37 Å². The van der Waals surface area contributed by atoms with Gasteiger partial charge >= 0.3 is 5.97 Å². The number of carboxylic acid groups (broad SMARTS) is 1. The number of carboxylic acids is 1. The van der Waals surface area contributed by atoms with Crippen LogP contribution in [-0.4, -0.2) is 26.5 Å². The van der Waals surface area contributed by atoms with Crippen molar-refractivity contribution in [2.45, 2.75) is 52.5 Å². The number of aromatic nitrogens is 2. The molecule has 18 heavy (non-hydrogen) atoms. The van der Waals surface area contributed by atoms with E-state index in [0.29, 0.717) is 17.5 Å². The first-order valence-corrected chi connectivity index (χ1v) is 6.81. The summed E-state index contributed by atoms with van der Waals surface area (Å²) in [5.74, 6) is 0.202. The Labute approximate surface area is 112 Å². The maximum Gasteiger partial charge on any atom is 0.326 e. The average molecular weight is 271 g/mol. The molecule has 0 spiro atoms. The molecule has 2 N–H and O–H groups in total. The van der Waals surface area contributed by atoms with Crippen molar-refractivity contribution < 1.29 is 9.90 Å². The number of hydrogen-bond acceptors (Lipinski definition) is 5. The summed E-state index contributed by atoms with van der Waals surface area (Å²) in [6.45, 7) is 10.1. The number of hydrogen-bond donors (Lipinski definition) is 2. The third kappa shape index (κ3) is 4.25. The number of rotatable bonds is 5. The summed E-state index contributed by atoms with van der Waals surface area (Å²) in [5.41, 5.74) is -0.118. The summed E-state index contributed by atoms with van der Waals surface area (Å²) < 4.78 is 4.25. The lowest BCUT2D eigenvalue weighted by atomic mass is 9.96. The van der Waals surface area contributed by atoms with E-state index in [1.807, 2.05) is 34.6 Å². The molecule has 102 valence electrons. The van der Waals surface area contributed by atoms with E-state index in [9.17, 15) is 4.79 Å². The zero-order valence-electron chi connectivity index (χ0n) is 11.5. The molecule has 5 nitrogen and oxygen atoms in total. The van der Waals surface area contributed by atoms with Gasteiger partial charge in [0.25, 0.3) is 0 Å². The van der Waals surface area contributed by atoms with Gasteiger partial charge in [0.1, 0.15) is 11.9 Å². The minimum atomic E-state index is -0.851. The molecule has 0 bridgehead atoms. The van der Waals surface area contributed by atoms with E-state index in [4.69, 9.17) is 5.11 Å². The van der Waals surface area contributed by atoms with Crippen LogP contribution in [0.5, 0.6) is 0 Å². The minimum absolute atomic E-state index is 0.118. The molecule has 0 aliphatic carbocycles. The van der Waals surface area contributed by atoms with Crippen molar-refractivity contribution in [1.29, 1.82) is 0 Å². The van der Waals surface area contributed by atoms with Gasteiger partial charge in [-0.3, -0.25) is 0 Å². The van der Waals surface area contributed by atoms with Gasteiger partial charge in [0.2, 0.25) is 5.13 Å². The third-order valence-electron chi connectivity index (χ3n) is 2.40. The molecule has 0 aliphatic heterocycles. The highest BCUT2D eigenvalue weighted by Gasteiger charge is 2.23. The summed E-state index contributed by atoms with van der Waals surface area (Å²) in [6, 6.07) is -0.606. The van der Waals surface area contributed by atoms with Crippen molar-refractivity contribution in [2.24, 2.45) is 5.92 Å².